The molecule has 0 aromatic heterocycles. The van der Waals surface area contributed by atoms with Gasteiger partial charge in [-0.15, -0.1) is 0 Å². The molecule has 1 unspecified atom stereocenters. The molecule has 0 saturated heterocycles. The molecule has 0 fully saturated rings. The lowest BCUT2D eigenvalue weighted by Gasteiger charge is -2.35. The van der Waals surface area contributed by atoms with Gasteiger partial charge in [0, 0.05) is 11.3 Å². The second-order valence-electron chi connectivity index (χ2n) is 6.49. The van der Waals surface area contributed by atoms with E-state index in [9.17, 15) is 4.79 Å². The molecule has 1 aliphatic rings. The van der Waals surface area contributed by atoms with Crippen molar-refractivity contribution in [2.24, 2.45) is 0 Å². The molecule has 0 aliphatic carbocycles. The first-order valence-corrected chi connectivity index (χ1v) is 8.60. The number of hydrogen-bond donors (Lipinski definition) is 1. The van der Waals surface area contributed by atoms with Gasteiger partial charge < -0.3 is 15.4 Å². The summed E-state index contributed by atoms with van der Waals surface area (Å²) in [5.41, 5.74) is 10.4. The summed E-state index contributed by atoms with van der Waals surface area (Å²) < 4.78 is 6.04. The summed E-state index contributed by atoms with van der Waals surface area (Å²) in [5.74, 6) is 0.582. The Labute approximate surface area is 152 Å². The highest BCUT2D eigenvalue weighted by molar-refractivity contribution is 6.01. The number of nitrogen functional groups attached to an aromatic ring is 1. The van der Waals surface area contributed by atoms with E-state index in [0.29, 0.717) is 23.7 Å². The number of carbonyl (C=O) groups is 1. The molecule has 3 aromatic carbocycles. The fourth-order valence-electron chi connectivity index (χ4n) is 3.24. The van der Waals surface area contributed by atoms with Crippen LogP contribution in [-0.2, 0) is 11.3 Å². The van der Waals surface area contributed by atoms with Crippen molar-refractivity contribution in [3.05, 3.63) is 89.5 Å². The van der Waals surface area contributed by atoms with Crippen LogP contribution in [0.2, 0.25) is 0 Å². The number of amides is 1. The molecule has 2 N–H and O–H groups in total. The van der Waals surface area contributed by atoms with Gasteiger partial charge in [0.15, 0.2) is 0 Å². The maximum absolute atomic E-state index is 13.3. The van der Waals surface area contributed by atoms with Crippen LogP contribution in [0, 0.1) is 6.92 Å². The SMILES string of the molecule is Cc1ccccc1CN1C(=O)C(c2ccccc2)Oc2ccc(N)cc21. The Bertz CT molecular complexity index is 953. The van der Waals surface area contributed by atoms with E-state index in [4.69, 9.17) is 10.5 Å². The van der Waals surface area contributed by atoms with Crippen LogP contribution in [-0.4, -0.2) is 5.91 Å². The number of aryl methyl sites for hydroxylation is 1. The summed E-state index contributed by atoms with van der Waals surface area (Å²) in [7, 11) is 0. The third-order valence-electron chi connectivity index (χ3n) is 4.70. The second kappa shape index (κ2) is 6.56. The van der Waals surface area contributed by atoms with Crippen molar-refractivity contribution in [3.63, 3.8) is 0 Å². The number of rotatable bonds is 3. The van der Waals surface area contributed by atoms with Crippen molar-refractivity contribution in [1.82, 2.24) is 0 Å². The number of ether oxygens (including phenoxy) is 1. The predicted molar refractivity (Wildman–Crippen MR) is 103 cm³/mol. The Morgan fingerprint density at radius 1 is 1.00 bits per heavy atom. The average molecular weight is 344 g/mol. The first kappa shape index (κ1) is 16.2. The van der Waals surface area contributed by atoms with Gasteiger partial charge in [-0.25, -0.2) is 0 Å². The van der Waals surface area contributed by atoms with Gasteiger partial charge in [0.05, 0.1) is 12.2 Å². The Morgan fingerprint density at radius 3 is 2.50 bits per heavy atom. The molecule has 130 valence electrons. The van der Waals surface area contributed by atoms with E-state index in [2.05, 4.69) is 13.0 Å². The lowest BCUT2D eigenvalue weighted by molar-refractivity contribution is -0.126. The molecule has 1 heterocycles. The van der Waals surface area contributed by atoms with E-state index in [1.807, 2.05) is 54.6 Å². The zero-order valence-corrected chi connectivity index (χ0v) is 14.6. The van der Waals surface area contributed by atoms with E-state index in [0.717, 1.165) is 16.7 Å². The number of carbonyl (C=O) groups excluding carboxylic acids is 1. The quantitative estimate of drug-likeness (QED) is 0.723. The van der Waals surface area contributed by atoms with Crippen LogP contribution in [0.3, 0.4) is 0 Å². The summed E-state index contributed by atoms with van der Waals surface area (Å²) >= 11 is 0. The van der Waals surface area contributed by atoms with Crippen molar-refractivity contribution >= 4 is 17.3 Å². The first-order chi connectivity index (χ1) is 12.6. The molecule has 0 saturated carbocycles. The van der Waals surface area contributed by atoms with Crippen LogP contribution < -0.4 is 15.4 Å². The molecular formula is C22H20N2O2. The molecule has 26 heavy (non-hydrogen) atoms. The molecule has 0 radical (unpaired) electrons. The lowest BCUT2D eigenvalue weighted by Crippen LogP contribution is -2.40. The number of nitrogens with zero attached hydrogens (tertiary/aromatic N) is 1. The number of benzene rings is 3. The number of anilines is 2. The number of nitrogens with two attached hydrogens (primary N) is 1. The highest BCUT2D eigenvalue weighted by Crippen LogP contribution is 2.40. The van der Waals surface area contributed by atoms with Gasteiger partial charge in [0.1, 0.15) is 5.75 Å². The monoisotopic (exact) mass is 344 g/mol. The summed E-state index contributed by atoms with van der Waals surface area (Å²) in [4.78, 5) is 15.0. The topological polar surface area (TPSA) is 55.6 Å². The van der Waals surface area contributed by atoms with Crippen molar-refractivity contribution in [2.45, 2.75) is 19.6 Å². The largest absolute Gasteiger partial charge is 0.474 e. The van der Waals surface area contributed by atoms with Crippen LogP contribution in [0.1, 0.15) is 22.8 Å². The van der Waals surface area contributed by atoms with Gasteiger partial charge in [-0.3, -0.25) is 4.79 Å². The minimum atomic E-state index is -0.656. The normalized spacial score (nSPS) is 16.1. The van der Waals surface area contributed by atoms with Gasteiger partial charge in [-0.2, -0.15) is 0 Å². The minimum absolute atomic E-state index is 0.0856. The van der Waals surface area contributed by atoms with Gasteiger partial charge in [-0.05, 0) is 36.2 Å². The fraction of sp³-hybridized carbons (Fsp3) is 0.136. The van der Waals surface area contributed by atoms with E-state index < -0.39 is 6.10 Å². The molecule has 0 bridgehead atoms. The third-order valence-corrected chi connectivity index (χ3v) is 4.70. The maximum Gasteiger partial charge on any atom is 0.273 e. The zero-order valence-electron chi connectivity index (χ0n) is 14.6. The second-order valence-corrected chi connectivity index (χ2v) is 6.49. The van der Waals surface area contributed by atoms with Crippen molar-refractivity contribution < 1.29 is 9.53 Å². The molecular weight excluding hydrogens is 324 g/mol. The molecule has 4 heteroatoms. The summed E-state index contributed by atoms with van der Waals surface area (Å²) in [6, 6.07) is 23.1. The van der Waals surface area contributed by atoms with E-state index >= 15 is 0 Å². The summed E-state index contributed by atoms with van der Waals surface area (Å²) in [5, 5.41) is 0. The van der Waals surface area contributed by atoms with Crippen LogP contribution in [0.15, 0.2) is 72.8 Å². The molecule has 0 spiro atoms. The summed E-state index contributed by atoms with van der Waals surface area (Å²) in [6.07, 6.45) is -0.656. The Kier molecular flexibility index (Phi) is 4.09. The number of fused-ring (bicyclic) bond motifs is 1. The fourth-order valence-corrected chi connectivity index (χ4v) is 3.24. The van der Waals surface area contributed by atoms with E-state index in [1.165, 1.54) is 0 Å². The molecule has 1 amide bonds. The van der Waals surface area contributed by atoms with Crippen LogP contribution in [0.5, 0.6) is 5.75 Å². The predicted octanol–water partition coefficient (Wildman–Crippen LogP) is 4.24. The molecule has 3 aromatic rings. The van der Waals surface area contributed by atoms with Gasteiger partial charge in [0.25, 0.3) is 5.91 Å². The highest BCUT2D eigenvalue weighted by Gasteiger charge is 2.35. The number of hydrogen-bond acceptors (Lipinski definition) is 3. The molecule has 4 nitrogen and oxygen atoms in total. The zero-order chi connectivity index (χ0) is 18.1. The first-order valence-electron chi connectivity index (χ1n) is 8.60. The van der Waals surface area contributed by atoms with Crippen molar-refractivity contribution in [1.29, 1.82) is 0 Å². The summed E-state index contributed by atoms with van der Waals surface area (Å²) in [6.45, 7) is 2.53. The van der Waals surface area contributed by atoms with Gasteiger partial charge in [-0.1, -0.05) is 54.6 Å². The molecule has 1 atom stereocenters. The Morgan fingerprint density at radius 2 is 1.73 bits per heavy atom. The highest BCUT2D eigenvalue weighted by atomic mass is 16.5. The maximum atomic E-state index is 13.3. The van der Waals surface area contributed by atoms with Gasteiger partial charge >= 0.3 is 0 Å². The smallest absolute Gasteiger partial charge is 0.273 e. The molecule has 1 aliphatic heterocycles. The van der Waals surface area contributed by atoms with Gasteiger partial charge in [0.2, 0.25) is 6.10 Å². The lowest BCUT2D eigenvalue weighted by atomic mass is 10.0. The standard InChI is InChI=1S/C22H20N2O2/c1-15-7-5-6-10-17(15)14-24-19-13-18(23)11-12-20(19)26-21(22(24)25)16-8-3-2-4-9-16/h2-13,21H,14,23H2,1H3. The van der Waals surface area contributed by atoms with E-state index in [1.54, 1.807) is 17.0 Å². The Hall–Kier alpha value is -3.27. The van der Waals surface area contributed by atoms with Crippen molar-refractivity contribution in [3.8, 4) is 5.75 Å². The van der Waals surface area contributed by atoms with Crippen molar-refractivity contribution in [2.75, 3.05) is 10.6 Å². The third kappa shape index (κ3) is 2.90. The van der Waals surface area contributed by atoms with Crippen LogP contribution in [0.4, 0.5) is 11.4 Å². The molecule has 4 rings (SSSR count). The average Bonchev–Trinajstić information content (AvgIpc) is 2.66. The van der Waals surface area contributed by atoms with E-state index in [-0.39, 0.29) is 5.91 Å². The Balaban J connectivity index is 1.78. The van der Waals surface area contributed by atoms with Crippen LogP contribution in [0.25, 0.3) is 0 Å². The minimum Gasteiger partial charge on any atom is -0.474 e. The van der Waals surface area contributed by atoms with Crippen LogP contribution >= 0.6 is 0 Å².